The molecule has 0 amide bonds. The average Bonchev–Trinajstić information content (AvgIpc) is 2.54. The molecule has 0 atom stereocenters. The molecule has 0 nitrogen and oxygen atoms in total. The molecule has 0 bridgehead atoms. The third-order valence-electron chi connectivity index (χ3n) is 3.01. The van der Waals surface area contributed by atoms with Gasteiger partial charge in [-0.2, -0.15) is 23.3 Å². The predicted octanol–water partition coefficient (Wildman–Crippen LogP) is 3.76. The molecule has 1 aliphatic rings. The van der Waals surface area contributed by atoms with Crippen LogP contribution in [-0.2, 0) is 0 Å². The topological polar surface area (TPSA) is 0 Å². The summed E-state index contributed by atoms with van der Waals surface area (Å²) in [5.41, 5.74) is 3.02. The van der Waals surface area contributed by atoms with Crippen LogP contribution in [0, 0.1) is 6.92 Å². The van der Waals surface area contributed by atoms with Crippen LogP contribution in [-0.4, -0.2) is 0 Å². The van der Waals surface area contributed by atoms with E-state index < -0.39 is 0 Å². The molecular weight excluding hydrogens is 144 g/mol. The summed E-state index contributed by atoms with van der Waals surface area (Å²) in [6.45, 7) is 2.19. The van der Waals surface area contributed by atoms with E-state index in [1.165, 1.54) is 37.7 Å². The lowest BCUT2D eigenvalue weighted by atomic mass is 9.85. The van der Waals surface area contributed by atoms with Crippen LogP contribution in [0.25, 0.3) is 0 Å². The normalized spacial score (nSPS) is 19.8. The quantitative estimate of drug-likeness (QED) is 0.550. The summed E-state index contributed by atoms with van der Waals surface area (Å²) in [5, 5.41) is 0. The highest BCUT2D eigenvalue weighted by molar-refractivity contribution is 5.28. The summed E-state index contributed by atoms with van der Waals surface area (Å²) in [6, 6.07) is 6.91. The van der Waals surface area contributed by atoms with Gasteiger partial charge in [-0.05, 0) is 0 Å². The first-order valence-electron chi connectivity index (χ1n) is 5.09. The minimum atomic E-state index is 0.882. The van der Waals surface area contributed by atoms with Gasteiger partial charge in [-0.15, -0.1) is 0 Å². The van der Waals surface area contributed by atoms with E-state index in [1.807, 2.05) is 0 Å². The lowest BCUT2D eigenvalue weighted by Crippen LogP contribution is -2.02. The molecule has 12 heavy (non-hydrogen) atoms. The first kappa shape index (κ1) is 7.97. The molecule has 0 heteroatoms. The van der Waals surface area contributed by atoms with Gasteiger partial charge in [-0.25, -0.2) is 6.07 Å². The van der Waals surface area contributed by atoms with E-state index in [4.69, 9.17) is 0 Å². The maximum Gasteiger partial charge on any atom is -0.0533 e. The van der Waals surface area contributed by atoms with E-state index in [2.05, 4.69) is 25.1 Å². The second kappa shape index (κ2) is 3.38. The fourth-order valence-corrected chi connectivity index (χ4v) is 2.28. The molecule has 0 unspecified atom stereocenters. The standard InChI is InChI=1S/C12H17/c1-10-7-8-12(9-10)11-5-3-2-4-6-11/h7-9,11H,2-6H2,1H3/q-1. The Morgan fingerprint density at radius 2 is 2.00 bits per heavy atom. The van der Waals surface area contributed by atoms with Gasteiger partial charge < -0.3 is 0 Å². The molecule has 1 saturated carbocycles. The summed E-state index contributed by atoms with van der Waals surface area (Å²) >= 11 is 0. The Morgan fingerprint density at radius 3 is 2.58 bits per heavy atom. The molecule has 2 rings (SSSR count). The molecule has 0 heterocycles. The molecule has 66 valence electrons. The van der Waals surface area contributed by atoms with Gasteiger partial charge in [0, 0.05) is 0 Å². The molecule has 0 radical (unpaired) electrons. The maximum absolute atomic E-state index is 2.36. The van der Waals surface area contributed by atoms with Crippen molar-refractivity contribution in [3.8, 4) is 0 Å². The van der Waals surface area contributed by atoms with Crippen LogP contribution in [0.4, 0.5) is 0 Å². The number of rotatable bonds is 1. The lowest BCUT2D eigenvalue weighted by molar-refractivity contribution is 0.444. The lowest BCUT2D eigenvalue weighted by Gasteiger charge is -2.25. The summed E-state index contributed by atoms with van der Waals surface area (Å²) in [6.07, 6.45) is 7.17. The fraction of sp³-hybridized carbons (Fsp3) is 0.583. The Balaban J connectivity index is 2.08. The Morgan fingerprint density at radius 1 is 1.25 bits per heavy atom. The molecule has 1 aromatic rings. The van der Waals surface area contributed by atoms with Crippen LogP contribution in [0.2, 0.25) is 0 Å². The van der Waals surface area contributed by atoms with E-state index in [0.29, 0.717) is 0 Å². The van der Waals surface area contributed by atoms with Crippen LogP contribution < -0.4 is 0 Å². The van der Waals surface area contributed by atoms with Crippen molar-refractivity contribution in [2.75, 3.05) is 0 Å². The summed E-state index contributed by atoms with van der Waals surface area (Å²) < 4.78 is 0. The van der Waals surface area contributed by atoms with Gasteiger partial charge in [0.1, 0.15) is 0 Å². The Kier molecular flexibility index (Phi) is 2.25. The minimum Gasteiger partial charge on any atom is -0.207 e. The van der Waals surface area contributed by atoms with Crippen molar-refractivity contribution in [2.45, 2.75) is 44.9 Å². The van der Waals surface area contributed by atoms with E-state index >= 15 is 0 Å². The first-order valence-corrected chi connectivity index (χ1v) is 5.09. The molecular formula is C12H17-. The monoisotopic (exact) mass is 161 g/mol. The van der Waals surface area contributed by atoms with Crippen molar-refractivity contribution in [1.29, 1.82) is 0 Å². The van der Waals surface area contributed by atoms with Crippen LogP contribution >= 0.6 is 0 Å². The van der Waals surface area contributed by atoms with E-state index in [-0.39, 0.29) is 0 Å². The average molecular weight is 161 g/mol. The Bertz CT molecular complexity index is 238. The molecule has 1 aliphatic carbocycles. The molecule has 0 spiro atoms. The summed E-state index contributed by atoms with van der Waals surface area (Å²) in [7, 11) is 0. The van der Waals surface area contributed by atoms with Crippen LogP contribution in [0.3, 0.4) is 0 Å². The van der Waals surface area contributed by atoms with Crippen molar-refractivity contribution in [3.05, 3.63) is 29.3 Å². The third-order valence-corrected chi connectivity index (χ3v) is 3.01. The Labute approximate surface area is 75.0 Å². The summed E-state index contributed by atoms with van der Waals surface area (Å²) in [5.74, 6) is 0.882. The van der Waals surface area contributed by atoms with E-state index in [0.717, 1.165) is 5.92 Å². The zero-order valence-corrected chi connectivity index (χ0v) is 7.84. The molecule has 0 aliphatic heterocycles. The van der Waals surface area contributed by atoms with Crippen LogP contribution in [0.1, 0.15) is 49.1 Å². The smallest absolute Gasteiger partial charge is 0.0533 e. The largest absolute Gasteiger partial charge is 0.207 e. The fourth-order valence-electron chi connectivity index (χ4n) is 2.28. The highest BCUT2D eigenvalue weighted by atomic mass is 14.2. The van der Waals surface area contributed by atoms with Crippen molar-refractivity contribution < 1.29 is 0 Å². The van der Waals surface area contributed by atoms with Gasteiger partial charge >= 0.3 is 0 Å². The second-order valence-corrected chi connectivity index (χ2v) is 4.06. The minimum absolute atomic E-state index is 0.882. The van der Waals surface area contributed by atoms with Gasteiger partial charge in [0.2, 0.25) is 0 Å². The predicted molar refractivity (Wildman–Crippen MR) is 52.6 cm³/mol. The Hall–Kier alpha value is -0.650. The highest BCUT2D eigenvalue weighted by Gasteiger charge is 2.10. The molecule has 1 aromatic carbocycles. The van der Waals surface area contributed by atoms with E-state index in [9.17, 15) is 0 Å². The van der Waals surface area contributed by atoms with Gasteiger partial charge in [0.15, 0.2) is 0 Å². The highest BCUT2D eigenvalue weighted by Crippen LogP contribution is 2.33. The number of hydrogen-bond donors (Lipinski definition) is 0. The first-order chi connectivity index (χ1) is 5.86. The van der Waals surface area contributed by atoms with Crippen molar-refractivity contribution in [2.24, 2.45) is 0 Å². The van der Waals surface area contributed by atoms with Gasteiger partial charge in [-0.1, -0.05) is 44.9 Å². The summed E-state index contributed by atoms with van der Waals surface area (Å²) in [4.78, 5) is 0. The van der Waals surface area contributed by atoms with Crippen molar-refractivity contribution in [1.82, 2.24) is 0 Å². The van der Waals surface area contributed by atoms with Crippen molar-refractivity contribution >= 4 is 0 Å². The van der Waals surface area contributed by atoms with Crippen LogP contribution in [0.15, 0.2) is 18.2 Å². The molecule has 0 saturated heterocycles. The maximum atomic E-state index is 2.36. The molecule has 0 N–H and O–H groups in total. The van der Waals surface area contributed by atoms with Crippen molar-refractivity contribution in [3.63, 3.8) is 0 Å². The zero-order valence-electron chi connectivity index (χ0n) is 7.84. The van der Waals surface area contributed by atoms with Gasteiger partial charge in [0.05, 0.1) is 0 Å². The van der Waals surface area contributed by atoms with E-state index in [1.54, 1.807) is 5.56 Å². The van der Waals surface area contributed by atoms with Gasteiger partial charge in [0.25, 0.3) is 0 Å². The van der Waals surface area contributed by atoms with Gasteiger partial charge in [-0.3, -0.25) is 0 Å². The molecule has 0 aromatic heterocycles. The second-order valence-electron chi connectivity index (χ2n) is 4.06. The number of hydrogen-bond acceptors (Lipinski definition) is 0. The molecule has 1 fully saturated rings. The van der Waals surface area contributed by atoms with Crippen LogP contribution in [0.5, 0.6) is 0 Å². The third kappa shape index (κ3) is 1.57. The number of aryl methyl sites for hydroxylation is 1. The zero-order chi connectivity index (χ0) is 8.39. The SMILES string of the molecule is Cc1cc(C2CCCCC2)c[cH-]1.